The van der Waals surface area contributed by atoms with Gasteiger partial charge in [-0.2, -0.15) is 0 Å². The van der Waals surface area contributed by atoms with Crippen LogP contribution in [0.25, 0.3) is 11.1 Å². The number of aliphatic carboxylic acids is 1. The maximum absolute atomic E-state index is 13.3. The Balaban J connectivity index is 1.46. The molecule has 3 N–H and O–H groups in total. The number of hydrogen-bond donors (Lipinski definition) is 3. The van der Waals surface area contributed by atoms with Crippen molar-refractivity contribution in [3.63, 3.8) is 0 Å². The van der Waals surface area contributed by atoms with E-state index in [1.165, 1.54) is 0 Å². The van der Waals surface area contributed by atoms with E-state index in [0.29, 0.717) is 13.0 Å². The molecule has 2 amide bonds. The van der Waals surface area contributed by atoms with Gasteiger partial charge in [-0.15, -0.1) is 0 Å². The standard InChI is InChI=1S/C32H37N3O5/c1-4-21(2)29(31(37)38)34-30(36)28(19-35(3)18-22-12-6-5-7-13-22)33-32(39)40-20-27-25-16-10-8-14-23(25)24-15-9-11-17-26(24)27/h5-17,21,27-29H,4,18-20H2,1-3H3,(H,33,39)(H,34,36)(H,37,38). The molecule has 1 aliphatic rings. The predicted octanol–water partition coefficient (Wildman–Crippen LogP) is 4.64. The zero-order valence-electron chi connectivity index (χ0n) is 23.2. The highest BCUT2D eigenvalue weighted by Crippen LogP contribution is 2.44. The number of benzene rings is 3. The summed E-state index contributed by atoms with van der Waals surface area (Å²) in [6.45, 7) is 4.46. The second-order valence-electron chi connectivity index (χ2n) is 10.4. The first-order valence-corrected chi connectivity index (χ1v) is 13.7. The molecule has 4 rings (SSSR count). The lowest BCUT2D eigenvalue weighted by molar-refractivity contribution is -0.143. The summed E-state index contributed by atoms with van der Waals surface area (Å²) in [6, 6.07) is 23.8. The van der Waals surface area contributed by atoms with E-state index in [2.05, 4.69) is 22.8 Å². The number of alkyl carbamates (subject to hydrolysis) is 1. The molecular formula is C32H37N3O5. The number of rotatable bonds is 12. The number of nitrogens with one attached hydrogen (secondary N) is 2. The monoisotopic (exact) mass is 543 g/mol. The van der Waals surface area contributed by atoms with Gasteiger partial charge >= 0.3 is 12.1 Å². The summed E-state index contributed by atoms with van der Waals surface area (Å²) in [4.78, 5) is 40.1. The molecule has 1 aliphatic carbocycles. The lowest BCUT2D eigenvalue weighted by Gasteiger charge is -2.27. The molecule has 3 aromatic carbocycles. The fourth-order valence-corrected chi connectivity index (χ4v) is 5.18. The van der Waals surface area contributed by atoms with E-state index in [-0.39, 0.29) is 25.0 Å². The molecule has 8 nitrogen and oxygen atoms in total. The minimum Gasteiger partial charge on any atom is -0.480 e. The third-order valence-corrected chi connectivity index (χ3v) is 7.52. The average Bonchev–Trinajstić information content (AvgIpc) is 3.27. The van der Waals surface area contributed by atoms with Gasteiger partial charge in [0.05, 0.1) is 0 Å². The van der Waals surface area contributed by atoms with Crippen molar-refractivity contribution >= 4 is 18.0 Å². The zero-order valence-corrected chi connectivity index (χ0v) is 23.2. The summed E-state index contributed by atoms with van der Waals surface area (Å²) in [5, 5.41) is 15.0. The van der Waals surface area contributed by atoms with Crippen LogP contribution in [0.2, 0.25) is 0 Å². The summed E-state index contributed by atoms with van der Waals surface area (Å²) < 4.78 is 5.68. The van der Waals surface area contributed by atoms with Crippen molar-refractivity contribution in [1.29, 1.82) is 0 Å². The Morgan fingerprint density at radius 2 is 1.48 bits per heavy atom. The van der Waals surface area contributed by atoms with Gasteiger partial charge in [0.1, 0.15) is 18.7 Å². The lowest BCUT2D eigenvalue weighted by atomic mass is 9.98. The number of carboxylic acid groups (broad SMARTS) is 1. The predicted molar refractivity (Wildman–Crippen MR) is 154 cm³/mol. The summed E-state index contributed by atoms with van der Waals surface area (Å²) >= 11 is 0. The van der Waals surface area contributed by atoms with E-state index in [1.54, 1.807) is 6.92 Å². The number of carbonyl (C=O) groups excluding carboxylic acids is 2. The Morgan fingerprint density at radius 3 is 2.05 bits per heavy atom. The quantitative estimate of drug-likeness (QED) is 0.307. The number of ether oxygens (including phenoxy) is 1. The highest BCUT2D eigenvalue weighted by molar-refractivity contribution is 5.89. The van der Waals surface area contributed by atoms with Gasteiger partial charge in [-0.1, -0.05) is 99.1 Å². The Hall–Kier alpha value is -4.17. The highest BCUT2D eigenvalue weighted by Gasteiger charge is 2.32. The van der Waals surface area contributed by atoms with Crippen LogP contribution in [0.15, 0.2) is 78.9 Å². The molecule has 3 aromatic rings. The maximum Gasteiger partial charge on any atom is 0.407 e. The maximum atomic E-state index is 13.3. The Bertz CT molecular complexity index is 1280. The van der Waals surface area contributed by atoms with Crippen molar-refractivity contribution in [2.45, 2.75) is 44.8 Å². The molecule has 0 aliphatic heterocycles. The second kappa shape index (κ2) is 13.3. The number of likely N-dealkylation sites (N-methyl/N-ethyl adjacent to an activating group) is 1. The highest BCUT2D eigenvalue weighted by atomic mass is 16.5. The number of carboxylic acids is 1. The van der Waals surface area contributed by atoms with Gasteiger partial charge in [-0.05, 0) is 40.8 Å². The van der Waals surface area contributed by atoms with E-state index in [9.17, 15) is 19.5 Å². The van der Waals surface area contributed by atoms with Crippen LogP contribution in [-0.2, 0) is 20.9 Å². The molecule has 40 heavy (non-hydrogen) atoms. The van der Waals surface area contributed by atoms with Gasteiger partial charge in [-0.3, -0.25) is 9.69 Å². The number of fused-ring (bicyclic) bond motifs is 3. The van der Waals surface area contributed by atoms with Crippen molar-refractivity contribution in [1.82, 2.24) is 15.5 Å². The van der Waals surface area contributed by atoms with E-state index >= 15 is 0 Å². The number of carbonyl (C=O) groups is 3. The molecule has 210 valence electrons. The molecule has 0 radical (unpaired) electrons. The van der Waals surface area contributed by atoms with Gasteiger partial charge in [-0.25, -0.2) is 9.59 Å². The molecular weight excluding hydrogens is 506 g/mol. The fraction of sp³-hybridized carbons (Fsp3) is 0.344. The SMILES string of the molecule is CCC(C)C(NC(=O)C(CN(C)Cc1ccccc1)NC(=O)OCC1c2ccccc2-c2ccccc21)C(=O)O. The molecule has 3 atom stereocenters. The molecule has 0 fully saturated rings. The van der Waals surface area contributed by atoms with Crippen molar-refractivity contribution in [2.24, 2.45) is 5.92 Å². The molecule has 8 heteroatoms. The van der Waals surface area contributed by atoms with Gasteiger partial charge < -0.3 is 20.5 Å². The fourth-order valence-electron chi connectivity index (χ4n) is 5.18. The first-order chi connectivity index (χ1) is 19.3. The van der Waals surface area contributed by atoms with Crippen LogP contribution in [-0.4, -0.2) is 60.3 Å². The number of nitrogens with zero attached hydrogens (tertiary/aromatic N) is 1. The van der Waals surface area contributed by atoms with Crippen LogP contribution in [0.4, 0.5) is 4.79 Å². The molecule has 0 saturated carbocycles. The average molecular weight is 544 g/mol. The molecule has 0 bridgehead atoms. The van der Waals surface area contributed by atoms with Crippen LogP contribution in [0.1, 0.15) is 42.9 Å². The number of hydrogen-bond acceptors (Lipinski definition) is 5. The largest absolute Gasteiger partial charge is 0.480 e. The van der Waals surface area contributed by atoms with Crippen LogP contribution in [0, 0.1) is 5.92 Å². The second-order valence-corrected chi connectivity index (χ2v) is 10.4. The topological polar surface area (TPSA) is 108 Å². The van der Waals surface area contributed by atoms with E-state index in [1.807, 2.05) is 85.6 Å². The Labute approximate surface area is 235 Å². The van der Waals surface area contributed by atoms with Gasteiger partial charge in [0.2, 0.25) is 5.91 Å². The molecule has 0 spiro atoms. The Morgan fingerprint density at radius 1 is 0.900 bits per heavy atom. The van der Waals surface area contributed by atoms with Crippen molar-refractivity contribution in [3.8, 4) is 11.1 Å². The molecule has 3 unspecified atom stereocenters. The van der Waals surface area contributed by atoms with Crippen molar-refractivity contribution < 1.29 is 24.2 Å². The molecule has 0 aromatic heterocycles. The van der Waals surface area contributed by atoms with Gasteiger partial charge in [0, 0.05) is 19.0 Å². The van der Waals surface area contributed by atoms with Crippen LogP contribution >= 0.6 is 0 Å². The summed E-state index contributed by atoms with van der Waals surface area (Å²) in [5.74, 6) is -2.08. The van der Waals surface area contributed by atoms with Crippen molar-refractivity contribution in [2.75, 3.05) is 20.2 Å². The van der Waals surface area contributed by atoms with E-state index < -0.39 is 30.1 Å². The van der Waals surface area contributed by atoms with Crippen LogP contribution in [0.5, 0.6) is 0 Å². The summed E-state index contributed by atoms with van der Waals surface area (Å²) in [7, 11) is 1.84. The Kier molecular flexibility index (Phi) is 9.56. The molecule has 0 saturated heterocycles. The normalized spacial score (nSPS) is 14.5. The number of amides is 2. The van der Waals surface area contributed by atoms with Crippen molar-refractivity contribution in [3.05, 3.63) is 95.6 Å². The minimum absolute atomic E-state index is 0.110. The van der Waals surface area contributed by atoms with E-state index in [4.69, 9.17) is 4.74 Å². The third kappa shape index (κ3) is 6.87. The van der Waals surface area contributed by atoms with Gasteiger partial charge in [0.15, 0.2) is 0 Å². The third-order valence-electron chi connectivity index (χ3n) is 7.52. The first kappa shape index (κ1) is 28.8. The van der Waals surface area contributed by atoms with Crippen LogP contribution in [0.3, 0.4) is 0 Å². The van der Waals surface area contributed by atoms with Gasteiger partial charge in [0.25, 0.3) is 0 Å². The smallest absolute Gasteiger partial charge is 0.407 e. The lowest BCUT2D eigenvalue weighted by Crippen LogP contribution is -2.56. The zero-order chi connectivity index (χ0) is 28.6. The molecule has 0 heterocycles. The first-order valence-electron chi connectivity index (χ1n) is 13.7. The van der Waals surface area contributed by atoms with E-state index in [0.717, 1.165) is 27.8 Å². The van der Waals surface area contributed by atoms with Crippen LogP contribution < -0.4 is 10.6 Å². The summed E-state index contributed by atoms with van der Waals surface area (Å²) in [6.07, 6.45) is -0.152. The minimum atomic E-state index is -1.11. The summed E-state index contributed by atoms with van der Waals surface area (Å²) in [5.41, 5.74) is 5.47.